The second-order valence-corrected chi connectivity index (χ2v) is 14.7. The predicted octanol–water partition coefficient (Wildman–Crippen LogP) is 8.18. The van der Waals surface area contributed by atoms with Crippen molar-refractivity contribution in [1.29, 1.82) is 0 Å². The van der Waals surface area contributed by atoms with Gasteiger partial charge >= 0.3 is 6.16 Å². The minimum atomic E-state index is -0.792. The molecule has 6 rings (SSSR count). The van der Waals surface area contributed by atoms with E-state index < -0.39 is 11.8 Å². The highest BCUT2D eigenvalue weighted by Crippen LogP contribution is 2.70. The summed E-state index contributed by atoms with van der Waals surface area (Å²) in [4.78, 5) is 14.8. The molecule has 1 spiro atoms. The fraction of sp³-hybridized carbons (Fsp3) is 0.811. The van der Waals surface area contributed by atoms with Crippen LogP contribution in [-0.4, -0.2) is 60.4 Å². The van der Waals surface area contributed by atoms with E-state index in [0.29, 0.717) is 18.3 Å². The van der Waals surface area contributed by atoms with Crippen LogP contribution in [0.5, 0.6) is 0 Å². The third-order valence-electron chi connectivity index (χ3n) is 11.8. The average molecular weight is 612 g/mol. The van der Waals surface area contributed by atoms with Crippen LogP contribution in [0, 0.1) is 23.2 Å². The normalized spacial score (nSPS) is 33.6. The lowest BCUT2D eigenvalue weighted by atomic mass is 9.44. The van der Waals surface area contributed by atoms with Crippen LogP contribution in [0.2, 0.25) is 0 Å². The molecule has 2 saturated heterocycles. The van der Waals surface area contributed by atoms with Crippen molar-refractivity contribution in [1.82, 2.24) is 4.90 Å². The van der Waals surface area contributed by atoms with Gasteiger partial charge in [-0.3, -0.25) is 4.90 Å². The highest BCUT2D eigenvalue weighted by molar-refractivity contribution is 5.59. The van der Waals surface area contributed by atoms with Gasteiger partial charge in [-0.1, -0.05) is 90.2 Å². The summed E-state index contributed by atoms with van der Waals surface area (Å²) in [6, 6.07) is 0.159. The molecule has 4 aliphatic carbocycles. The molecule has 44 heavy (non-hydrogen) atoms. The Morgan fingerprint density at radius 3 is 2.43 bits per heavy atom. The number of carbonyl (C=O) groups excluding carboxylic acids is 1. The quantitative estimate of drug-likeness (QED) is 0.0725. The smallest absolute Gasteiger partial charge is 0.485 e. The number of aliphatic hydroxyl groups is 1. The first kappa shape index (κ1) is 32.0. The van der Waals surface area contributed by atoms with Gasteiger partial charge in [0.2, 0.25) is 6.79 Å². The number of carbonyl (C=O) groups is 1. The van der Waals surface area contributed by atoms with Crippen molar-refractivity contribution in [2.24, 2.45) is 23.2 Å². The van der Waals surface area contributed by atoms with Crippen molar-refractivity contribution in [3.63, 3.8) is 0 Å². The Morgan fingerprint density at radius 2 is 1.73 bits per heavy atom. The summed E-state index contributed by atoms with van der Waals surface area (Å²) in [5.41, 5.74) is -0.0819. The van der Waals surface area contributed by atoms with E-state index in [4.69, 9.17) is 18.9 Å². The standard InChI is InChI=1S/C37H57NO6/c1-3-4-5-6-7-8-9-10-11-12-13-14-23-41-35(39)43-26-42-30-18-17-29-24-31-37(40)20-19-27(2)34-36(37,32(29)33(30)44-34)21-22-38(31)25-28-15-16-28/h17-18,28-29,31-32,34,40H,2-16,19-26H2,1H3/t29?,31?,32?,34-,36-,37+/m0/s1. The van der Waals surface area contributed by atoms with Crippen LogP contribution in [0.15, 0.2) is 35.8 Å². The van der Waals surface area contributed by atoms with Crippen LogP contribution in [0.1, 0.15) is 122 Å². The van der Waals surface area contributed by atoms with Gasteiger partial charge in [-0.05, 0) is 75.0 Å². The lowest BCUT2D eigenvalue weighted by Gasteiger charge is -2.66. The molecule has 1 N–H and O–H groups in total. The maximum atomic E-state index is 12.5. The van der Waals surface area contributed by atoms with Crippen molar-refractivity contribution in [2.45, 2.75) is 140 Å². The summed E-state index contributed by atoms with van der Waals surface area (Å²) in [5.74, 6) is 2.58. The Hall–Kier alpha value is -1.99. The number of hydrogen-bond acceptors (Lipinski definition) is 7. The van der Waals surface area contributed by atoms with Crippen LogP contribution in [-0.2, 0) is 18.9 Å². The van der Waals surface area contributed by atoms with Gasteiger partial charge in [0, 0.05) is 18.5 Å². The maximum Gasteiger partial charge on any atom is 0.511 e. The summed E-state index contributed by atoms with van der Waals surface area (Å²) in [7, 11) is 0. The van der Waals surface area contributed by atoms with E-state index in [0.717, 1.165) is 68.9 Å². The monoisotopic (exact) mass is 611 g/mol. The first-order valence-electron chi connectivity index (χ1n) is 18.1. The minimum Gasteiger partial charge on any atom is -0.485 e. The Morgan fingerprint density at radius 1 is 1.02 bits per heavy atom. The van der Waals surface area contributed by atoms with Crippen molar-refractivity contribution in [2.75, 3.05) is 26.5 Å². The summed E-state index contributed by atoms with van der Waals surface area (Å²) in [6.07, 6.45) is 24.6. The molecule has 0 radical (unpaired) electrons. The Kier molecular flexibility index (Phi) is 10.3. The average Bonchev–Trinajstić information content (AvgIpc) is 3.76. The highest BCUT2D eigenvalue weighted by Gasteiger charge is 2.76. The minimum absolute atomic E-state index is 0.0617. The first-order chi connectivity index (χ1) is 21.5. The molecular weight excluding hydrogens is 554 g/mol. The van der Waals surface area contributed by atoms with Gasteiger partial charge in [0.25, 0.3) is 0 Å². The number of hydrogen-bond donors (Lipinski definition) is 1. The van der Waals surface area contributed by atoms with Crippen LogP contribution in [0.4, 0.5) is 4.79 Å². The number of rotatable bonds is 18. The zero-order valence-electron chi connectivity index (χ0n) is 27.2. The molecule has 6 aliphatic rings. The van der Waals surface area contributed by atoms with Crippen molar-refractivity contribution in [3.8, 4) is 0 Å². The number of unbranched alkanes of at least 4 members (excludes halogenated alkanes) is 11. The van der Waals surface area contributed by atoms with Gasteiger partial charge < -0.3 is 24.1 Å². The largest absolute Gasteiger partial charge is 0.511 e. The lowest BCUT2D eigenvalue weighted by molar-refractivity contribution is -0.240. The molecule has 7 nitrogen and oxygen atoms in total. The summed E-state index contributed by atoms with van der Waals surface area (Å²) < 4.78 is 23.3. The molecule has 0 aromatic heterocycles. The van der Waals surface area contributed by atoms with Crippen molar-refractivity contribution >= 4 is 6.16 Å². The summed E-state index contributed by atoms with van der Waals surface area (Å²) in [6.45, 7) is 8.95. The van der Waals surface area contributed by atoms with Gasteiger partial charge in [-0.2, -0.15) is 0 Å². The van der Waals surface area contributed by atoms with E-state index in [1.165, 1.54) is 77.0 Å². The van der Waals surface area contributed by atoms with Crippen LogP contribution >= 0.6 is 0 Å². The van der Waals surface area contributed by atoms with Gasteiger partial charge in [-0.15, -0.1) is 0 Å². The second-order valence-electron chi connectivity index (χ2n) is 14.7. The summed E-state index contributed by atoms with van der Waals surface area (Å²) >= 11 is 0. The second kappa shape index (κ2) is 14.2. The van der Waals surface area contributed by atoms with E-state index in [-0.39, 0.29) is 30.3 Å². The highest BCUT2D eigenvalue weighted by atomic mass is 16.8. The number of likely N-dealkylation sites (tertiary alicyclic amines) is 1. The van der Waals surface area contributed by atoms with Gasteiger partial charge in [0.1, 0.15) is 11.9 Å². The SMILES string of the molecule is C=C1CC[C@@]2(O)C3CC4C=CC(OCOC(=O)OCCCCCCCCCCCCCC)=C5O[C@@H]1[C@]2(CCN3CC1CC1)C54. The fourth-order valence-electron chi connectivity index (χ4n) is 9.39. The molecule has 5 fully saturated rings. The van der Waals surface area contributed by atoms with E-state index in [9.17, 15) is 9.90 Å². The van der Waals surface area contributed by atoms with Gasteiger partial charge in [0.15, 0.2) is 5.76 Å². The maximum absolute atomic E-state index is 12.5. The molecular formula is C37H57NO6. The van der Waals surface area contributed by atoms with Gasteiger partial charge in [0.05, 0.1) is 17.6 Å². The van der Waals surface area contributed by atoms with E-state index in [1.807, 2.05) is 6.08 Å². The number of ether oxygens (including phenoxy) is 4. The predicted molar refractivity (Wildman–Crippen MR) is 171 cm³/mol. The lowest BCUT2D eigenvalue weighted by Crippen LogP contribution is -2.75. The molecule has 2 aliphatic heterocycles. The summed E-state index contributed by atoms with van der Waals surface area (Å²) in [5, 5.41) is 12.5. The number of allylic oxidation sites excluding steroid dienone is 3. The first-order valence-corrected chi connectivity index (χ1v) is 18.1. The number of piperidine rings is 1. The van der Waals surface area contributed by atoms with Crippen molar-refractivity contribution < 1.29 is 28.8 Å². The van der Waals surface area contributed by atoms with E-state index in [2.05, 4.69) is 24.5 Å². The molecule has 6 atom stereocenters. The fourth-order valence-corrected chi connectivity index (χ4v) is 9.39. The topological polar surface area (TPSA) is 77.5 Å². The molecule has 7 heteroatoms. The molecule has 3 unspecified atom stereocenters. The van der Waals surface area contributed by atoms with Gasteiger partial charge in [-0.25, -0.2) is 4.79 Å². The molecule has 3 saturated carbocycles. The Balaban J connectivity index is 0.938. The zero-order chi connectivity index (χ0) is 30.6. The van der Waals surface area contributed by atoms with Crippen LogP contribution in [0.25, 0.3) is 0 Å². The van der Waals surface area contributed by atoms with E-state index >= 15 is 0 Å². The van der Waals surface area contributed by atoms with Crippen LogP contribution in [0.3, 0.4) is 0 Å². The van der Waals surface area contributed by atoms with E-state index in [1.54, 1.807) is 0 Å². The third kappa shape index (κ3) is 6.34. The zero-order valence-corrected chi connectivity index (χ0v) is 27.2. The third-order valence-corrected chi connectivity index (χ3v) is 11.8. The van der Waals surface area contributed by atoms with Crippen molar-refractivity contribution in [3.05, 3.63) is 35.8 Å². The Labute approximate surface area is 265 Å². The number of nitrogens with zero attached hydrogens (tertiary/aromatic N) is 1. The molecule has 0 aromatic carbocycles. The molecule has 2 bridgehead atoms. The van der Waals surface area contributed by atoms with Crippen LogP contribution < -0.4 is 0 Å². The molecule has 2 heterocycles. The molecule has 0 amide bonds. The Bertz CT molecular complexity index is 1080. The molecule has 0 aromatic rings. The molecule has 246 valence electrons.